The van der Waals surface area contributed by atoms with Gasteiger partial charge in [0.25, 0.3) is 0 Å². The first-order chi connectivity index (χ1) is 13.6. The maximum atomic E-state index is 14.2. The molecule has 0 aliphatic carbocycles. The second kappa shape index (κ2) is 7.74. The van der Waals surface area contributed by atoms with Crippen molar-refractivity contribution >= 4 is 22.1 Å². The van der Waals surface area contributed by atoms with Gasteiger partial charge in [-0.2, -0.15) is 0 Å². The normalized spacial score (nSPS) is 15.9. The Balaban J connectivity index is 2.27. The van der Waals surface area contributed by atoms with Gasteiger partial charge in [0.05, 0.1) is 0 Å². The van der Waals surface area contributed by atoms with Gasteiger partial charge < -0.3 is 0 Å². The molecule has 1 aliphatic heterocycles. The summed E-state index contributed by atoms with van der Waals surface area (Å²) in [5.74, 6) is -14.6. The van der Waals surface area contributed by atoms with E-state index < -0.39 is 58.5 Å². The Bertz CT molecular complexity index is 1030. The van der Waals surface area contributed by atoms with Crippen molar-refractivity contribution in [1.29, 1.82) is 0 Å². The second-order valence-corrected chi connectivity index (χ2v) is 7.01. The van der Waals surface area contributed by atoms with E-state index in [9.17, 15) is 31.5 Å². The summed E-state index contributed by atoms with van der Waals surface area (Å²) < 4.78 is 76.2. The van der Waals surface area contributed by atoms with Crippen LogP contribution >= 0.6 is 0 Å². The number of nitrogens with zero attached hydrogens (tertiary/aromatic N) is 1. The number of carbonyl (C=O) groups is 2. The number of hydrogen-bond donors (Lipinski definition) is 0. The van der Waals surface area contributed by atoms with E-state index in [1.807, 2.05) is 0 Å². The predicted octanol–water partition coefficient (Wildman–Crippen LogP) is 3.67. The molecule has 1 aliphatic rings. The average molecular weight is 498 g/mol. The van der Waals surface area contributed by atoms with Crippen LogP contribution in [0.1, 0.15) is 29.8 Å². The van der Waals surface area contributed by atoms with Gasteiger partial charge in [-0.15, -0.1) is 0 Å². The maximum absolute atomic E-state index is 14.2. The van der Waals surface area contributed by atoms with E-state index in [1.54, 1.807) is 24.5 Å². The van der Waals surface area contributed by atoms with Gasteiger partial charge in [0, 0.05) is 0 Å². The van der Waals surface area contributed by atoms with Crippen LogP contribution < -0.4 is 9.64 Å². The van der Waals surface area contributed by atoms with Crippen LogP contribution in [-0.2, 0) is 22.6 Å². The third-order valence-corrected chi connectivity index (χ3v) is 4.86. The van der Waals surface area contributed by atoms with Gasteiger partial charge in [-0.05, 0) is 0 Å². The van der Waals surface area contributed by atoms with Gasteiger partial charge in [0.15, 0.2) is 0 Å². The third-order valence-electron chi connectivity index (χ3n) is 4.32. The average Bonchev–Trinajstić information content (AvgIpc) is 2.69. The number of benzene rings is 2. The van der Waals surface area contributed by atoms with Crippen molar-refractivity contribution in [3.05, 3.63) is 58.4 Å². The number of hydrogen-bond acceptors (Lipinski definition) is 3. The van der Waals surface area contributed by atoms with Crippen LogP contribution in [0.3, 0.4) is 0 Å². The summed E-state index contributed by atoms with van der Waals surface area (Å²) in [5.41, 5.74) is -1.43. The van der Waals surface area contributed by atoms with Crippen LogP contribution in [0.5, 0.6) is 5.75 Å². The van der Waals surface area contributed by atoms with Gasteiger partial charge in [-0.1, -0.05) is 0 Å². The van der Waals surface area contributed by atoms with E-state index in [0.29, 0.717) is 10.5 Å². The van der Waals surface area contributed by atoms with E-state index in [2.05, 4.69) is 17.9 Å². The summed E-state index contributed by atoms with van der Waals surface area (Å²) in [5, 5.41) is 0. The molecule has 0 N–H and O–H groups in total. The number of rotatable bonds is 3. The van der Waals surface area contributed by atoms with Crippen molar-refractivity contribution in [1.82, 2.24) is 0 Å². The molecular formula is C19H12F5NO3Ru+. The molecule has 2 amide bonds. The summed E-state index contributed by atoms with van der Waals surface area (Å²) in [7, 11) is 0. The first-order valence-corrected chi connectivity index (χ1v) is 9.23. The Morgan fingerprint density at radius 2 is 1.62 bits per heavy atom. The van der Waals surface area contributed by atoms with E-state index >= 15 is 0 Å². The molecule has 0 radical (unpaired) electrons. The summed E-state index contributed by atoms with van der Waals surface area (Å²) in [6.07, 6.45) is -1.21. The Labute approximate surface area is 171 Å². The minimum atomic E-state index is -2.40. The summed E-state index contributed by atoms with van der Waals surface area (Å²) in [4.78, 5) is 26.1. The van der Waals surface area contributed by atoms with Gasteiger partial charge in [-0.25, -0.2) is 0 Å². The van der Waals surface area contributed by atoms with E-state index in [1.165, 1.54) is 12.1 Å². The fourth-order valence-electron chi connectivity index (χ4n) is 2.89. The number of halogens is 5. The van der Waals surface area contributed by atoms with Crippen molar-refractivity contribution in [2.24, 2.45) is 5.92 Å². The Kier molecular flexibility index (Phi) is 5.67. The topological polar surface area (TPSA) is 46.6 Å². The number of imide groups is 1. The first-order valence-electron chi connectivity index (χ1n) is 8.23. The van der Waals surface area contributed by atoms with Crippen LogP contribution in [0.4, 0.5) is 27.6 Å². The fraction of sp³-hybridized carbons (Fsp3) is 0.211. The monoisotopic (exact) mass is 499 g/mol. The van der Waals surface area contributed by atoms with Crippen LogP contribution in [0.2, 0.25) is 0 Å². The molecule has 29 heavy (non-hydrogen) atoms. The van der Waals surface area contributed by atoms with Crippen LogP contribution in [-0.4, -0.2) is 22.5 Å². The zero-order valence-electron chi connectivity index (χ0n) is 14.9. The van der Waals surface area contributed by atoms with Crippen LogP contribution in [0.25, 0.3) is 0 Å². The number of amides is 2. The number of anilines is 1. The van der Waals surface area contributed by atoms with Gasteiger partial charge in [0.2, 0.25) is 0 Å². The molecule has 1 atom stereocenters. The van der Waals surface area contributed by atoms with E-state index in [-0.39, 0.29) is 11.4 Å². The summed E-state index contributed by atoms with van der Waals surface area (Å²) >= 11 is 2.20. The molecular weight excluding hydrogens is 486 g/mol. The number of fused-ring (bicyclic) bond motifs is 1. The van der Waals surface area contributed by atoms with Gasteiger partial charge in [0.1, 0.15) is 0 Å². The number of ether oxygens (including phenoxy) is 1. The molecule has 2 aromatic carbocycles. The standard InChI is InChI=1S/C19H12F5NO3.Ru/c1-7(2)16-19(27)25(9-6-4-5-8(3)17(9)28-16)18(26)10-11(20)13(22)15(24)14(23)12(10)21;/h3-7,16H,1-2H3;/q;+1. The quantitative estimate of drug-likeness (QED) is 0.213. The molecule has 4 nitrogen and oxygen atoms in total. The molecule has 1 heterocycles. The molecule has 0 bridgehead atoms. The molecule has 0 saturated carbocycles. The zero-order valence-corrected chi connectivity index (χ0v) is 16.6. The van der Waals surface area contributed by atoms with Crippen molar-refractivity contribution in [3.8, 4) is 5.75 Å². The zero-order chi connectivity index (χ0) is 21.6. The number of para-hydroxylation sites is 1. The number of carbonyl (C=O) groups excluding carboxylic acids is 2. The van der Waals surface area contributed by atoms with Crippen LogP contribution in [0, 0.1) is 35.0 Å². The molecule has 1 unspecified atom stereocenters. The fourth-order valence-corrected chi connectivity index (χ4v) is 3.28. The SMILES string of the molecule is CC(C)C1Oc2c([CH]=[Ru+])cccc2N(C(=O)c2c(F)c(F)c(F)c(F)c2F)C1=O. The van der Waals surface area contributed by atoms with E-state index in [4.69, 9.17) is 4.74 Å². The van der Waals surface area contributed by atoms with Gasteiger partial charge in [-0.3, -0.25) is 0 Å². The Morgan fingerprint density at radius 1 is 1.07 bits per heavy atom. The molecule has 0 spiro atoms. The first kappa shape index (κ1) is 21.2. The van der Waals surface area contributed by atoms with Crippen molar-refractivity contribution in [2.45, 2.75) is 20.0 Å². The molecule has 0 aromatic heterocycles. The molecule has 10 heteroatoms. The molecule has 0 fully saturated rings. The third kappa shape index (κ3) is 3.29. The Morgan fingerprint density at radius 3 is 2.14 bits per heavy atom. The molecule has 3 rings (SSSR count). The predicted molar refractivity (Wildman–Crippen MR) is 88.9 cm³/mol. The van der Waals surface area contributed by atoms with Crippen LogP contribution in [0.15, 0.2) is 18.2 Å². The molecule has 0 saturated heterocycles. The summed E-state index contributed by atoms with van der Waals surface area (Å²) in [6, 6.07) is 4.32. The van der Waals surface area contributed by atoms with Crippen molar-refractivity contribution in [3.63, 3.8) is 0 Å². The van der Waals surface area contributed by atoms with E-state index in [0.717, 1.165) is 0 Å². The Hall–Kier alpha value is -2.48. The van der Waals surface area contributed by atoms with Crippen molar-refractivity contribution < 1.29 is 54.1 Å². The second-order valence-electron chi connectivity index (χ2n) is 6.50. The minimum absolute atomic E-state index is 0.0709. The van der Waals surface area contributed by atoms with Crippen molar-refractivity contribution in [2.75, 3.05) is 4.90 Å². The van der Waals surface area contributed by atoms with Gasteiger partial charge >= 0.3 is 171 Å². The summed E-state index contributed by atoms with van der Waals surface area (Å²) in [6.45, 7) is 3.23. The molecule has 153 valence electrons. The molecule has 2 aromatic rings.